The first-order valence-electron chi connectivity index (χ1n) is 14.1. The van der Waals surface area contributed by atoms with E-state index in [0.29, 0.717) is 5.56 Å². The van der Waals surface area contributed by atoms with Crippen molar-refractivity contribution >= 4 is 11.8 Å². The summed E-state index contributed by atoms with van der Waals surface area (Å²) in [7, 11) is 1.23. The Kier molecular flexibility index (Phi) is 9.57. The van der Waals surface area contributed by atoms with Gasteiger partial charge >= 0.3 is 6.18 Å². The number of hydrogen-bond donors (Lipinski definition) is 2. The Morgan fingerprint density at radius 2 is 1.70 bits per heavy atom. The molecule has 0 fully saturated rings. The molecule has 0 saturated carbocycles. The van der Waals surface area contributed by atoms with Crippen molar-refractivity contribution < 1.29 is 40.6 Å². The van der Waals surface area contributed by atoms with E-state index in [1.807, 2.05) is 0 Å². The Morgan fingerprint density at radius 3 is 2.35 bits per heavy atom. The molecule has 244 valence electrons. The van der Waals surface area contributed by atoms with Crippen LogP contribution in [0, 0.1) is 18.6 Å². The first-order valence-corrected chi connectivity index (χ1v) is 15.1. The van der Waals surface area contributed by atoms with Crippen LogP contribution in [0.15, 0.2) is 76.6 Å². The molecule has 0 radical (unpaired) electrons. The molecule has 2 heterocycles. The fourth-order valence-corrected chi connectivity index (χ4v) is 7.22. The van der Waals surface area contributed by atoms with E-state index in [2.05, 4.69) is 5.32 Å². The van der Waals surface area contributed by atoms with Gasteiger partial charge in [-0.15, -0.1) is 11.8 Å². The largest absolute Gasteiger partial charge is 0.494 e. The molecule has 5 rings (SSSR count). The summed E-state index contributed by atoms with van der Waals surface area (Å²) in [5.74, 6) is -5.56. The van der Waals surface area contributed by atoms with E-state index in [-0.39, 0.29) is 38.8 Å². The minimum absolute atomic E-state index is 0.117. The molecule has 2 N–H and O–H groups in total. The second-order valence-electron chi connectivity index (χ2n) is 10.9. The third kappa shape index (κ3) is 6.40. The normalized spacial score (nSPS) is 15.6. The summed E-state index contributed by atoms with van der Waals surface area (Å²) in [5, 5.41) is 12.2. The minimum atomic E-state index is -4.89. The van der Waals surface area contributed by atoms with Gasteiger partial charge in [0, 0.05) is 23.3 Å². The number of nitrogens with one attached hydrogen (secondary N) is 1. The maximum Gasteiger partial charge on any atom is 0.416 e. The fraction of sp³-hybridized carbons (Fsp3) is 0.303. The number of hydrogen-bond acceptors (Lipinski definition) is 5. The quantitative estimate of drug-likeness (QED) is 0.174. The van der Waals surface area contributed by atoms with Crippen molar-refractivity contribution in [3.05, 3.63) is 117 Å². The number of benzene rings is 3. The topological polar surface area (TPSA) is 63.5 Å². The molecule has 2 unspecified atom stereocenters. The zero-order valence-electron chi connectivity index (χ0n) is 24.6. The standard InChI is InChI=1S/C33H29F7N2O3S/c1-18-21(14-22-23(33(38,39)40)11-7-12-24(22)34)31-42(30(44)27(18)20-10-6-13-26(45-2)28(20)35)25(15-46-31)29(19-8-4-3-5-9-19)41-16-32(36,37)17-43/h3-13,25,29,41,43H,14-17H2,1-2H3. The number of halogens is 7. The molecule has 4 aromatic rings. The Labute approximate surface area is 264 Å². The lowest BCUT2D eigenvalue weighted by Gasteiger charge is -2.29. The number of thioether (sulfide) groups is 1. The average molecular weight is 667 g/mol. The van der Waals surface area contributed by atoms with Crippen molar-refractivity contribution in [1.82, 2.24) is 9.88 Å². The number of aliphatic hydroxyl groups is 1. The summed E-state index contributed by atoms with van der Waals surface area (Å²) in [6, 6.07) is 13.3. The van der Waals surface area contributed by atoms with Crippen LogP contribution in [-0.4, -0.2) is 41.6 Å². The summed E-state index contributed by atoms with van der Waals surface area (Å²) in [6.45, 7) is -0.915. The smallest absolute Gasteiger partial charge is 0.416 e. The summed E-state index contributed by atoms with van der Waals surface area (Å²) >= 11 is 1.11. The van der Waals surface area contributed by atoms with Gasteiger partial charge in [0.1, 0.15) is 12.4 Å². The number of methoxy groups -OCH3 is 1. The molecule has 0 saturated heterocycles. The summed E-state index contributed by atoms with van der Waals surface area (Å²) in [4.78, 5) is 14.4. The number of aliphatic hydroxyl groups excluding tert-OH is 1. The molecular formula is C33H29F7N2O3S. The van der Waals surface area contributed by atoms with Gasteiger partial charge < -0.3 is 15.2 Å². The van der Waals surface area contributed by atoms with Gasteiger partial charge in [-0.05, 0) is 41.8 Å². The van der Waals surface area contributed by atoms with Crippen molar-refractivity contribution in [2.45, 2.75) is 42.6 Å². The predicted molar refractivity (Wildman–Crippen MR) is 161 cm³/mol. The van der Waals surface area contributed by atoms with Crippen LogP contribution in [0.5, 0.6) is 5.75 Å². The summed E-state index contributed by atoms with van der Waals surface area (Å²) < 4.78 is 108. The second kappa shape index (κ2) is 13.1. The van der Waals surface area contributed by atoms with E-state index in [1.54, 1.807) is 30.3 Å². The van der Waals surface area contributed by atoms with Crippen molar-refractivity contribution in [2.75, 3.05) is 26.0 Å². The highest BCUT2D eigenvalue weighted by atomic mass is 32.2. The molecule has 1 aliphatic heterocycles. The van der Waals surface area contributed by atoms with E-state index in [4.69, 9.17) is 4.74 Å². The van der Waals surface area contributed by atoms with Gasteiger partial charge in [-0.3, -0.25) is 9.36 Å². The number of pyridine rings is 1. The van der Waals surface area contributed by atoms with Crippen LogP contribution >= 0.6 is 11.8 Å². The molecular weight excluding hydrogens is 637 g/mol. The molecule has 1 aliphatic rings. The summed E-state index contributed by atoms with van der Waals surface area (Å²) in [5.41, 5.74) is -2.10. The maximum atomic E-state index is 15.7. The Balaban J connectivity index is 1.78. The van der Waals surface area contributed by atoms with Crippen molar-refractivity contribution in [1.29, 1.82) is 0 Å². The first kappa shape index (κ1) is 33.6. The highest BCUT2D eigenvalue weighted by Crippen LogP contribution is 2.45. The SMILES string of the molecule is COc1cccc(-c2c(C)c(Cc3c(F)cccc3C(F)(F)F)c3n(c2=O)C(C(NCC(F)(F)CO)c2ccccc2)CS3)c1F. The lowest BCUT2D eigenvalue weighted by atomic mass is 9.91. The molecule has 0 amide bonds. The van der Waals surface area contributed by atoms with Crippen LogP contribution in [0.3, 0.4) is 0 Å². The van der Waals surface area contributed by atoms with E-state index in [0.717, 1.165) is 30.0 Å². The monoisotopic (exact) mass is 666 g/mol. The van der Waals surface area contributed by atoms with E-state index >= 15 is 8.78 Å². The molecule has 1 aromatic heterocycles. The van der Waals surface area contributed by atoms with E-state index in [9.17, 15) is 31.9 Å². The minimum Gasteiger partial charge on any atom is -0.494 e. The zero-order valence-corrected chi connectivity index (χ0v) is 25.4. The maximum absolute atomic E-state index is 15.7. The van der Waals surface area contributed by atoms with Crippen LogP contribution in [-0.2, 0) is 12.6 Å². The Hall–Kier alpha value is -3.81. The lowest BCUT2D eigenvalue weighted by molar-refractivity contribution is -0.138. The molecule has 2 atom stereocenters. The van der Waals surface area contributed by atoms with Crippen LogP contribution in [0.25, 0.3) is 11.1 Å². The highest BCUT2D eigenvalue weighted by Gasteiger charge is 2.40. The van der Waals surface area contributed by atoms with Gasteiger partial charge in [0.2, 0.25) is 0 Å². The van der Waals surface area contributed by atoms with Crippen LogP contribution in [0.4, 0.5) is 30.7 Å². The highest BCUT2D eigenvalue weighted by molar-refractivity contribution is 7.99. The van der Waals surface area contributed by atoms with Crippen molar-refractivity contribution in [2.24, 2.45) is 0 Å². The van der Waals surface area contributed by atoms with Crippen LogP contribution in [0.1, 0.15) is 39.9 Å². The third-order valence-corrected chi connectivity index (χ3v) is 9.27. The third-order valence-electron chi connectivity index (χ3n) is 8.05. The fourth-order valence-electron chi connectivity index (χ4n) is 5.79. The summed E-state index contributed by atoms with van der Waals surface area (Å²) in [6.07, 6.45) is -5.48. The number of ether oxygens (including phenoxy) is 1. The second-order valence-corrected chi connectivity index (χ2v) is 11.9. The predicted octanol–water partition coefficient (Wildman–Crippen LogP) is 7.33. The number of aromatic nitrogens is 1. The number of alkyl halides is 5. The van der Waals surface area contributed by atoms with E-state index < -0.39 is 72.1 Å². The molecule has 3 aromatic carbocycles. The van der Waals surface area contributed by atoms with Crippen LogP contribution < -0.4 is 15.6 Å². The average Bonchev–Trinajstić information content (AvgIpc) is 3.46. The molecule has 0 bridgehead atoms. The number of rotatable bonds is 10. The van der Waals surface area contributed by atoms with Gasteiger partial charge in [0.25, 0.3) is 11.5 Å². The molecule has 13 heteroatoms. The Morgan fingerprint density at radius 1 is 1.00 bits per heavy atom. The van der Waals surface area contributed by atoms with Crippen molar-refractivity contribution in [3.63, 3.8) is 0 Å². The van der Waals surface area contributed by atoms with Gasteiger partial charge in [-0.2, -0.15) is 13.2 Å². The Bertz CT molecular complexity index is 1800. The number of fused-ring (bicyclic) bond motifs is 1. The molecule has 0 aliphatic carbocycles. The van der Waals surface area contributed by atoms with Gasteiger partial charge in [-0.1, -0.05) is 48.5 Å². The molecule has 5 nitrogen and oxygen atoms in total. The van der Waals surface area contributed by atoms with Gasteiger partial charge in [0.05, 0.1) is 41.9 Å². The van der Waals surface area contributed by atoms with Gasteiger partial charge in [-0.25, -0.2) is 17.6 Å². The van der Waals surface area contributed by atoms with Crippen LogP contribution in [0.2, 0.25) is 0 Å². The lowest BCUT2D eigenvalue weighted by Crippen LogP contribution is -2.42. The first-order chi connectivity index (χ1) is 21.8. The number of nitrogens with zero attached hydrogens (tertiary/aromatic N) is 1. The van der Waals surface area contributed by atoms with Gasteiger partial charge in [0.15, 0.2) is 11.6 Å². The van der Waals surface area contributed by atoms with Crippen molar-refractivity contribution in [3.8, 4) is 16.9 Å². The zero-order chi connectivity index (χ0) is 33.4. The van der Waals surface area contributed by atoms with E-state index in [1.165, 1.54) is 36.8 Å². The molecule has 46 heavy (non-hydrogen) atoms. The molecule has 0 spiro atoms.